The molecule has 0 aliphatic rings. The zero-order valence-corrected chi connectivity index (χ0v) is 15.5. The second kappa shape index (κ2) is 7.94. The molecule has 5 heteroatoms. The van der Waals surface area contributed by atoms with Crippen LogP contribution in [0.5, 0.6) is 0 Å². The monoisotopic (exact) mass is 363 g/mol. The van der Waals surface area contributed by atoms with Crippen LogP contribution in [-0.4, -0.2) is 19.4 Å². The van der Waals surface area contributed by atoms with Crippen molar-refractivity contribution < 1.29 is 18.0 Å². The minimum Gasteiger partial charge on any atom is -0.375 e. The van der Waals surface area contributed by atoms with Crippen molar-refractivity contribution >= 4 is 11.5 Å². The minimum atomic E-state index is -4.58. The molecule has 2 aromatic rings. The third-order valence-electron chi connectivity index (χ3n) is 4.38. The summed E-state index contributed by atoms with van der Waals surface area (Å²) >= 11 is 0. The van der Waals surface area contributed by atoms with Gasteiger partial charge in [0.15, 0.2) is 5.78 Å². The molecule has 0 heterocycles. The summed E-state index contributed by atoms with van der Waals surface area (Å²) < 4.78 is 40.5. The second-order valence-corrected chi connectivity index (χ2v) is 6.72. The van der Waals surface area contributed by atoms with Crippen LogP contribution < -0.4 is 4.90 Å². The smallest absolute Gasteiger partial charge is 0.375 e. The van der Waals surface area contributed by atoms with Crippen molar-refractivity contribution in [3.8, 4) is 0 Å². The molecule has 140 valence electrons. The highest BCUT2D eigenvalue weighted by Gasteiger charge is 2.36. The highest BCUT2D eigenvalue weighted by Crippen LogP contribution is 2.36. The Bertz CT molecular complexity index is 781. The lowest BCUT2D eigenvalue weighted by molar-refractivity contribution is -0.137. The summed E-state index contributed by atoms with van der Waals surface area (Å²) in [7, 11) is 1.81. The van der Waals surface area contributed by atoms with Crippen LogP contribution in [0.25, 0.3) is 0 Å². The van der Waals surface area contributed by atoms with Crippen LogP contribution in [0.2, 0.25) is 0 Å². The van der Waals surface area contributed by atoms with E-state index in [9.17, 15) is 18.0 Å². The lowest BCUT2D eigenvalue weighted by Gasteiger charge is -2.21. The van der Waals surface area contributed by atoms with Crippen LogP contribution in [-0.2, 0) is 6.18 Å². The lowest BCUT2D eigenvalue weighted by atomic mass is 9.90. The van der Waals surface area contributed by atoms with Crippen molar-refractivity contribution in [2.24, 2.45) is 0 Å². The number of hydrogen-bond donors (Lipinski definition) is 0. The lowest BCUT2D eigenvalue weighted by Crippen LogP contribution is -2.20. The zero-order valence-electron chi connectivity index (χ0n) is 15.5. The predicted octanol–water partition coefficient (Wildman–Crippen LogP) is 5.91. The number of rotatable bonds is 6. The maximum absolute atomic E-state index is 13.5. The normalized spacial score (nSPS) is 11.7. The maximum Gasteiger partial charge on any atom is 0.417 e. The number of hydrogen-bond acceptors (Lipinski definition) is 2. The molecule has 0 amide bonds. The Morgan fingerprint density at radius 1 is 1.08 bits per heavy atom. The summed E-state index contributed by atoms with van der Waals surface area (Å²) in [6, 6.07) is 10.6. The molecule has 2 nitrogen and oxygen atoms in total. The molecule has 0 atom stereocenters. The van der Waals surface area contributed by atoms with Crippen LogP contribution in [0.3, 0.4) is 0 Å². The fourth-order valence-electron chi connectivity index (χ4n) is 3.02. The molecule has 0 N–H and O–H groups in total. The standard InChI is InChI=1S/C21H24F3NO/c1-5-12-25(4)15-10-11-19(21(22,23)24)18(13-15)20(26)17-9-7-6-8-16(17)14(2)3/h6-11,13-14H,5,12H2,1-4H3. The molecule has 0 fully saturated rings. The van der Waals surface area contributed by atoms with Gasteiger partial charge < -0.3 is 4.90 Å². The van der Waals surface area contributed by atoms with Gasteiger partial charge >= 0.3 is 6.18 Å². The molecular weight excluding hydrogens is 339 g/mol. The first kappa shape index (κ1) is 20.0. The molecule has 0 saturated heterocycles. The van der Waals surface area contributed by atoms with E-state index < -0.39 is 17.5 Å². The summed E-state index contributed by atoms with van der Waals surface area (Å²) in [5, 5.41) is 0. The van der Waals surface area contributed by atoms with Crippen molar-refractivity contribution in [3.05, 3.63) is 64.7 Å². The highest BCUT2D eigenvalue weighted by molar-refractivity contribution is 6.11. The first-order valence-corrected chi connectivity index (χ1v) is 8.72. The number of carbonyl (C=O) groups excluding carboxylic acids is 1. The van der Waals surface area contributed by atoms with E-state index in [4.69, 9.17) is 0 Å². The van der Waals surface area contributed by atoms with Gasteiger partial charge in [-0.25, -0.2) is 0 Å². The Balaban J connectivity index is 2.62. The Hall–Kier alpha value is -2.30. The topological polar surface area (TPSA) is 20.3 Å². The van der Waals surface area contributed by atoms with Crippen LogP contribution in [0.15, 0.2) is 42.5 Å². The Labute approximate surface area is 152 Å². The number of nitrogens with zero attached hydrogens (tertiary/aromatic N) is 1. The van der Waals surface area contributed by atoms with Gasteiger partial charge in [0.25, 0.3) is 0 Å². The summed E-state index contributed by atoms with van der Waals surface area (Å²) in [5.74, 6) is -0.552. The number of benzene rings is 2. The van der Waals surface area contributed by atoms with Crippen molar-refractivity contribution in [3.63, 3.8) is 0 Å². The summed E-state index contributed by atoms with van der Waals surface area (Å²) in [6.45, 7) is 6.53. The Morgan fingerprint density at radius 2 is 1.73 bits per heavy atom. The Kier molecular flexibility index (Phi) is 6.11. The van der Waals surface area contributed by atoms with Crippen LogP contribution in [0.1, 0.15) is 60.2 Å². The summed E-state index contributed by atoms with van der Waals surface area (Å²) in [5.41, 5.74) is 0.479. The van der Waals surface area contributed by atoms with Crippen molar-refractivity contribution in [2.75, 3.05) is 18.5 Å². The summed E-state index contributed by atoms with van der Waals surface area (Å²) in [6.07, 6.45) is -3.73. The first-order chi connectivity index (χ1) is 12.2. The number of anilines is 1. The molecule has 0 bridgehead atoms. The van der Waals surface area contributed by atoms with Gasteiger partial charge in [0.2, 0.25) is 0 Å². The van der Waals surface area contributed by atoms with Gasteiger partial charge in [-0.2, -0.15) is 13.2 Å². The van der Waals surface area contributed by atoms with E-state index in [1.807, 2.05) is 32.7 Å². The third kappa shape index (κ3) is 4.26. The molecule has 0 radical (unpaired) electrons. The molecular formula is C21H24F3NO. The van der Waals surface area contributed by atoms with Crippen LogP contribution in [0, 0.1) is 0 Å². The predicted molar refractivity (Wildman–Crippen MR) is 99.0 cm³/mol. The van der Waals surface area contributed by atoms with E-state index >= 15 is 0 Å². The van der Waals surface area contributed by atoms with Gasteiger partial charge in [0.05, 0.1) is 5.56 Å². The molecule has 0 unspecified atom stereocenters. The molecule has 0 aliphatic carbocycles. The Morgan fingerprint density at radius 3 is 2.31 bits per heavy atom. The molecule has 0 aliphatic heterocycles. The molecule has 0 spiro atoms. The summed E-state index contributed by atoms with van der Waals surface area (Å²) in [4.78, 5) is 14.9. The van der Waals surface area contributed by atoms with Crippen LogP contribution >= 0.6 is 0 Å². The van der Waals surface area contributed by atoms with E-state index in [0.717, 1.165) is 18.1 Å². The highest BCUT2D eigenvalue weighted by atomic mass is 19.4. The maximum atomic E-state index is 13.5. The third-order valence-corrected chi connectivity index (χ3v) is 4.38. The largest absolute Gasteiger partial charge is 0.417 e. The minimum absolute atomic E-state index is 0.0374. The molecule has 2 rings (SSSR count). The molecule has 0 saturated carbocycles. The average Bonchev–Trinajstić information content (AvgIpc) is 2.60. The van der Waals surface area contributed by atoms with E-state index in [2.05, 4.69) is 0 Å². The van der Waals surface area contributed by atoms with Crippen molar-refractivity contribution in [2.45, 2.75) is 39.3 Å². The van der Waals surface area contributed by atoms with E-state index in [-0.39, 0.29) is 11.5 Å². The quantitative estimate of drug-likeness (QED) is 0.595. The number of ketones is 1. The van der Waals surface area contributed by atoms with Gasteiger partial charge in [-0.15, -0.1) is 0 Å². The fraction of sp³-hybridized carbons (Fsp3) is 0.381. The SMILES string of the molecule is CCCN(C)c1ccc(C(F)(F)F)c(C(=O)c2ccccc2C(C)C)c1. The number of alkyl halides is 3. The van der Waals surface area contributed by atoms with E-state index in [0.29, 0.717) is 17.8 Å². The molecule has 26 heavy (non-hydrogen) atoms. The van der Waals surface area contributed by atoms with Gasteiger partial charge in [0, 0.05) is 30.4 Å². The average molecular weight is 363 g/mol. The van der Waals surface area contributed by atoms with E-state index in [1.54, 1.807) is 24.3 Å². The van der Waals surface area contributed by atoms with Crippen molar-refractivity contribution in [1.82, 2.24) is 0 Å². The van der Waals surface area contributed by atoms with Gasteiger partial charge in [-0.3, -0.25) is 4.79 Å². The van der Waals surface area contributed by atoms with Crippen molar-refractivity contribution in [1.29, 1.82) is 0 Å². The van der Waals surface area contributed by atoms with Gasteiger partial charge in [0.1, 0.15) is 0 Å². The number of halogens is 3. The van der Waals surface area contributed by atoms with Gasteiger partial charge in [-0.1, -0.05) is 45.0 Å². The first-order valence-electron chi connectivity index (χ1n) is 8.72. The molecule has 0 aromatic heterocycles. The number of carbonyl (C=O) groups is 1. The van der Waals surface area contributed by atoms with Crippen LogP contribution in [0.4, 0.5) is 18.9 Å². The van der Waals surface area contributed by atoms with Gasteiger partial charge in [-0.05, 0) is 36.1 Å². The molecule has 2 aromatic carbocycles. The zero-order chi connectivity index (χ0) is 19.5. The second-order valence-electron chi connectivity index (χ2n) is 6.72. The fourth-order valence-corrected chi connectivity index (χ4v) is 3.02. The van der Waals surface area contributed by atoms with E-state index in [1.165, 1.54) is 12.1 Å².